The Bertz CT molecular complexity index is 300. The molecule has 1 aromatic heterocycles. The van der Waals surface area contributed by atoms with Crippen molar-refractivity contribution in [3.05, 3.63) is 16.0 Å². The van der Waals surface area contributed by atoms with Crippen molar-refractivity contribution in [3.63, 3.8) is 0 Å². The monoisotopic (exact) mass is 189 g/mol. The van der Waals surface area contributed by atoms with Crippen molar-refractivity contribution in [2.45, 2.75) is 6.42 Å². The number of aromatic nitrogens is 2. The normalized spacial score (nSPS) is 14.4. The van der Waals surface area contributed by atoms with Crippen molar-refractivity contribution in [1.29, 1.82) is 0 Å². The van der Waals surface area contributed by atoms with Gasteiger partial charge in [-0.05, 0) is 18.0 Å². The molecule has 1 aliphatic rings. The van der Waals surface area contributed by atoms with Gasteiger partial charge in [-0.15, -0.1) is 0 Å². The third-order valence-corrected chi connectivity index (χ3v) is 2.08. The van der Waals surface area contributed by atoms with Crippen LogP contribution in [0.15, 0.2) is 0 Å². The van der Waals surface area contributed by atoms with Crippen LogP contribution >= 0.6 is 23.2 Å². The van der Waals surface area contributed by atoms with Crippen LogP contribution in [0.1, 0.15) is 5.56 Å². The van der Waals surface area contributed by atoms with Crippen molar-refractivity contribution >= 4 is 29.0 Å². The lowest BCUT2D eigenvalue weighted by molar-refractivity contribution is 1.09. The van der Waals surface area contributed by atoms with E-state index in [-0.39, 0.29) is 5.28 Å². The second-order valence-corrected chi connectivity index (χ2v) is 2.98. The maximum Gasteiger partial charge on any atom is 0.225 e. The van der Waals surface area contributed by atoms with E-state index in [9.17, 15) is 0 Å². The van der Waals surface area contributed by atoms with Gasteiger partial charge in [-0.1, -0.05) is 11.6 Å². The lowest BCUT2D eigenvalue weighted by Gasteiger charge is -1.99. The summed E-state index contributed by atoms with van der Waals surface area (Å²) in [5, 5.41) is 3.72. The van der Waals surface area contributed by atoms with Crippen LogP contribution in [0.25, 0.3) is 0 Å². The van der Waals surface area contributed by atoms with E-state index in [1.807, 2.05) is 0 Å². The first-order valence-electron chi connectivity index (χ1n) is 3.23. The van der Waals surface area contributed by atoms with Gasteiger partial charge in [0.15, 0.2) is 0 Å². The van der Waals surface area contributed by atoms with Crippen molar-refractivity contribution in [2.24, 2.45) is 0 Å². The van der Waals surface area contributed by atoms with E-state index in [1.54, 1.807) is 0 Å². The Morgan fingerprint density at radius 2 is 2.09 bits per heavy atom. The predicted molar refractivity (Wildman–Crippen MR) is 44.2 cm³/mol. The van der Waals surface area contributed by atoms with E-state index >= 15 is 0 Å². The highest BCUT2D eigenvalue weighted by Crippen LogP contribution is 2.26. The lowest BCUT2D eigenvalue weighted by Crippen LogP contribution is -1.94. The van der Waals surface area contributed by atoms with Crippen LogP contribution in [0.5, 0.6) is 0 Å². The van der Waals surface area contributed by atoms with Crippen LogP contribution in [0, 0.1) is 0 Å². The third-order valence-electron chi connectivity index (χ3n) is 1.60. The van der Waals surface area contributed by atoms with E-state index in [2.05, 4.69) is 15.3 Å². The van der Waals surface area contributed by atoms with Crippen LogP contribution in [-0.2, 0) is 6.42 Å². The lowest BCUT2D eigenvalue weighted by atomic mass is 10.3. The number of nitrogens with one attached hydrogen (secondary N) is 1. The van der Waals surface area contributed by atoms with E-state index < -0.39 is 0 Å². The Morgan fingerprint density at radius 1 is 1.27 bits per heavy atom. The number of hydrogen-bond acceptors (Lipinski definition) is 3. The van der Waals surface area contributed by atoms with Gasteiger partial charge in [0.05, 0.1) is 0 Å². The largest absolute Gasteiger partial charge is 0.369 e. The molecule has 0 saturated carbocycles. The van der Waals surface area contributed by atoms with Gasteiger partial charge in [0.1, 0.15) is 11.0 Å². The molecule has 5 heteroatoms. The Labute approximate surface area is 73.8 Å². The quantitative estimate of drug-likeness (QED) is 0.500. The molecule has 0 fully saturated rings. The smallest absolute Gasteiger partial charge is 0.225 e. The number of hydrogen-bond donors (Lipinski definition) is 1. The minimum absolute atomic E-state index is 0.197. The highest BCUT2D eigenvalue weighted by atomic mass is 35.5. The van der Waals surface area contributed by atoms with E-state index in [1.165, 1.54) is 0 Å². The van der Waals surface area contributed by atoms with Gasteiger partial charge in [0.2, 0.25) is 5.28 Å². The molecule has 58 valence electrons. The molecule has 0 atom stereocenters. The summed E-state index contributed by atoms with van der Waals surface area (Å²) in [6.45, 7) is 0.865. The summed E-state index contributed by atoms with van der Waals surface area (Å²) in [4.78, 5) is 7.80. The van der Waals surface area contributed by atoms with E-state index in [4.69, 9.17) is 23.2 Å². The van der Waals surface area contributed by atoms with E-state index in [0.717, 1.165) is 24.3 Å². The zero-order valence-electron chi connectivity index (χ0n) is 5.56. The molecule has 0 radical (unpaired) electrons. The molecule has 0 bridgehead atoms. The number of rotatable bonds is 0. The number of fused-ring (bicyclic) bond motifs is 1. The molecule has 2 rings (SSSR count). The second kappa shape index (κ2) is 2.50. The van der Waals surface area contributed by atoms with Crippen LogP contribution in [-0.4, -0.2) is 16.5 Å². The fourth-order valence-electron chi connectivity index (χ4n) is 1.10. The zero-order valence-corrected chi connectivity index (χ0v) is 7.08. The van der Waals surface area contributed by atoms with Gasteiger partial charge in [-0.25, -0.2) is 9.97 Å². The topological polar surface area (TPSA) is 37.8 Å². The van der Waals surface area contributed by atoms with Gasteiger partial charge in [-0.2, -0.15) is 0 Å². The van der Waals surface area contributed by atoms with Gasteiger partial charge in [-0.3, -0.25) is 0 Å². The standard InChI is InChI=1S/C6H5Cl2N3/c7-4-3-1-2-9-5(3)11-6(8)10-4/h1-2H2,(H,9,10,11). The summed E-state index contributed by atoms with van der Waals surface area (Å²) in [7, 11) is 0. The number of anilines is 1. The highest BCUT2D eigenvalue weighted by Gasteiger charge is 2.16. The summed E-state index contributed by atoms with van der Waals surface area (Å²) in [6, 6.07) is 0. The van der Waals surface area contributed by atoms with E-state index in [0.29, 0.717) is 5.15 Å². The molecule has 0 saturated heterocycles. The average Bonchev–Trinajstić information content (AvgIpc) is 2.34. The average molecular weight is 190 g/mol. The molecular weight excluding hydrogens is 185 g/mol. The molecule has 11 heavy (non-hydrogen) atoms. The van der Waals surface area contributed by atoms with Crippen LogP contribution in [0.2, 0.25) is 10.4 Å². The fraction of sp³-hybridized carbons (Fsp3) is 0.333. The number of halogens is 2. The fourth-order valence-corrected chi connectivity index (χ4v) is 1.58. The number of nitrogens with zero attached hydrogens (tertiary/aromatic N) is 2. The van der Waals surface area contributed by atoms with Crippen molar-refractivity contribution in [2.75, 3.05) is 11.9 Å². The van der Waals surface area contributed by atoms with Crippen molar-refractivity contribution in [1.82, 2.24) is 9.97 Å². The highest BCUT2D eigenvalue weighted by molar-refractivity contribution is 6.32. The van der Waals surface area contributed by atoms with Crippen LogP contribution in [0.4, 0.5) is 5.82 Å². The molecule has 0 unspecified atom stereocenters. The van der Waals surface area contributed by atoms with Crippen molar-refractivity contribution < 1.29 is 0 Å². The van der Waals surface area contributed by atoms with Crippen LogP contribution < -0.4 is 5.32 Å². The summed E-state index contributed by atoms with van der Waals surface area (Å²) in [6.07, 6.45) is 0.880. The maximum atomic E-state index is 5.80. The molecule has 0 aliphatic carbocycles. The van der Waals surface area contributed by atoms with Gasteiger partial charge in [0.25, 0.3) is 0 Å². The van der Waals surface area contributed by atoms with Gasteiger partial charge in [0, 0.05) is 12.1 Å². The SMILES string of the molecule is Clc1nc(Cl)c2c(n1)NCC2. The molecule has 1 aliphatic heterocycles. The molecule has 2 heterocycles. The van der Waals surface area contributed by atoms with Gasteiger partial charge < -0.3 is 5.32 Å². The first-order chi connectivity index (χ1) is 5.27. The molecule has 0 aromatic carbocycles. The first kappa shape index (κ1) is 7.13. The summed E-state index contributed by atoms with van der Waals surface area (Å²) < 4.78 is 0. The molecule has 0 spiro atoms. The molecule has 1 aromatic rings. The molecule has 3 nitrogen and oxygen atoms in total. The third kappa shape index (κ3) is 1.14. The van der Waals surface area contributed by atoms with Gasteiger partial charge >= 0.3 is 0 Å². The van der Waals surface area contributed by atoms with Crippen molar-refractivity contribution in [3.8, 4) is 0 Å². The Kier molecular flexibility index (Phi) is 1.62. The zero-order chi connectivity index (χ0) is 7.84. The minimum Gasteiger partial charge on any atom is -0.369 e. The molecule has 1 N–H and O–H groups in total. The minimum atomic E-state index is 0.197. The predicted octanol–water partition coefficient (Wildman–Crippen LogP) is 1.75. The van der Waals surface area contributed by atoms with Crippen LogP contribution in [0.3, 0.4) is 0 Å². The summed E-state index contributed by atoms with van der Waals surface area (Å²) >= 11 is 11.4. The maximum absolute atomic E-state index is 5.80. The second-order valence-electron chi connectivity index (χ2n) is 2.29. The molecule has 0 amide bonds. The Hall–Kier alpha value is -0.540. The Balaban J connectivity index is 2.60. The summed E-state index contributed by atoms with van der Waals surface area (Å²) in [5.74, 6) is 0.773. The molecular formula is C6H5Cl2N3. The first-order valence-corrected chi connectivity index (χ1v) is 3.99. The summed E-state index contributed by atoms with van der Waals surface area (Å²) in [5.41, 5.74) is 0.969. The Morgan fingerprint density at radius 3 is 2.91 bits per heavy atom.